The zero-order valence-electron chi connectivity index (χ0n) is 17.7. The van der Waals surface area contributed by atoms with E-state index in [4.69, 9.17) is 31.5 Å². The van der Waals surface area contributed by atoms with Crippen molar-refractivity contribution >= 4 is 23.3 Å². The highest BCUT2D eigenvalue weighted by Crippen LogP contribution is 2.46. The Hall–Kier alpha value is -4.62. The number of carbonyl (C=O) groups excluding carboxylic acids is 1. The first-order chi connectivity index (χ1) is 16.8. The molecule has 0 saturated carbocycles. The Morgan fingerprint density at radius 2 is 2.00 bits per heavy atom. The van der Waals surface area contributed by atoms with Crippen LogP contribution in [-0.2, 0) is 4.79 Å². The highest BCUT2D eigenvalue weighted by Gasteiger charge is 2.34. The van der Waals surface area contributed by atoms with Gasteiger partial charge in [-0.15, -0.1) is 0 Å². The molecule has 1 aliphatic heterocycles. The number of carbonyl (C=O) groups is 1. The summed E-state index contributed by atoms with van der Waals surface area (Å²) in [6, 6.07) is 16.0. The predicted molar refractivity (Wildman–Crippen MR) is 121 cm³/mol. The third-order valence-electron chi connectivity index (χ3n) is 5.12. The maximum atomic E-state index is 14.7. The van der Waals surface area contributed by atoms with Gasteiger partial charge in [-0.05, 0) is 24.3 Å². The van der Waals surface area contributed by atoms with Gasteiger partial charge in [0.25, 0.3) is 0 Å². The van der Waals surface area contributed by atoms with Crippen molar-refractivity contribution in [3.8, 4) is 23.3 Å². The van der Waals surface area contributed by atoms with Crippen molar-refractivity contribution in [2.45, 2.75) is 5.92 Å². The van der Waals surface area contributed by atoms with Crippen LogP contribution in [0.1, 0.15) is 17.0 Å². The van der Waals surface area contributed by atoms with Crippen molar-refractivity contribution in [3.05, 3.63) is 104 Å². The fourth-order valence-corrected chi connectivity index (χ4v) is 3.88. The van der Waals surface area contributed by atoms with Crippen LogP contribution in [0.25, 0.3) is 0 Å². The molecule has 1 aliphatic rings. The summed E-state index contributed by atoms with van der Waals surface area (Å²) in [6.07, 6.45) is 0. The number of ether oxygens (including phenoxy) is 3. The van der Waals surface area contributed by atoms with Crippen molar-refractivity contribution in [1.29, 1.82) is 5.26 Å². The molecule has 176 valence electrons. The number of esters is 1. The Labute approximate surface area is 202 Å². The van der Waals surface area contributed by atoms with Crippen LogP contribution in [0.4, 0.5) is 10.1 Å². The molecule has 3 aromatic carbocycles. The summed E-state index contributed by atoms with van der Waals surface area (Å²) >= 11 is 6.24. The Kier molecular flexibility index (Phi) is 6.53. The van der Waals surface area contributed by atoms with Crippen LogP contribution in [0.5, 0.6) is 17.2 Å². The molecular formula is C24H15ClFN3O6. The van der Waals surface area contributed by atoms with E-state index >= 15 is 0 Å². The summed E-state index contributed by atoms with van der Waals surface area (Å²) in [5, 5.41) is 20.8. The average molecular weight is 496 g/mol. The summed E-state index contributed by atoms with van der Waals surface area (Å²) < 4.78 is 30.7. The fourth-order valence-electron chi connectivity index (χ4n) is 3.61. The lowest BCUT2D eigenvalue weighted by molar-refractivity contribution is -0.385. The molecule has 0 fully saturated rings. The maximum Gasteiger partial charge on any atom is 0.349 e. The number of nitriles is 1. The lowest BCUT2D eigenvalue weighted by Gasteiger charge is -2.27. The molecular weight excluding hydrogens is 481 g/mol. The number of hydrogen-bond acceptors (Lipinski definition) is 8. The van der Waals surface area contributed by atoms with Crippen molar-refractivity contribution in [3.63, 3.8) is 0 Å². The van der Waals surface area contributed by atoms with Gasteiger partial charge in [0.2, 0.25) is 5.88 Å². The van der Waals surface area contributed by atoms with Crippen LogP contribution in [0.2, 0.25) is 5.02 Å². The Balaban J connectivity index is 1.58. The zero-order valence-corrected chi connectivity index (χ0v) is 18.5. The molecule has 11 heteroatoms. The number of hydrogen-bond donors (Lipinski definition) is 1. The largest absolute Gasteiger partial charge is 0.475 e. The standard InChI is InChI=1S/C24H15ClFN3O6/c25-16-4-3-5-17(26)23(16)22-14-9-8-13(10-20(14)35-24(28)15(22)11-27)34-21(30)12-33-19-7-2-1-6-18(19)29(31)32/h1-10,22H,12,28H2. The van der Waals surface area contributed by atoms with Gasteiger partial charge in [-0.25, -0.2) is 9.18 Å². The summed E-state index contributed by atoms with van der Waals surface area (Å²) in [4.78, 5) is 22.7. The highest BCUT2D eigenvalue weighted by atomic mass is 35.5. The van der Waals surface area contributed by atoms with E-state index in [0.29, 0.717) is 5.56 Å². The molecule has 1 unspecified atom stereocenters. The molecule has 9 nitrogen and oxygen atoms in total. The lowest BCUT2D eigenvalue weighted by atomic mass is 9.83. The molecule has 0 aliphatic carbocycles. The number of nitro groups is 1. The van der Waals surface area contributed by atoms with E-state index in [1.165, 1.54) is 60.7 Å². The quantitative estimate of drug-likeness (QED) is 0.227. The van der Waals surface area contributed by atoms with Crippen molar-refractivity contribution in [2.75, 3.05) is 6.61 Å². The smallest absolute Gasteiger partial charge is 0.349 e. The molecule has 4 rings (SSSR count). The molecule has 35 heavy (non-hydrogen) atoms. The van der Waals surface area contributed by atoms with E-state index < -0.39 is 29.2 Å². The molecule has 3 aromatic rings. The predicted octanol–water partition coefficient (Wildman–Crippen LogP) is 4.59. The van der Waals surface area contributed by atoms with Gasteiger partial charge in [-0.2, -0.15) is 5.26 Å². The van der Waals surface area contributed by atoms with Gasteiger partial charge in [-0.1, -0.05) is 35.9 Å². The second kappa shape index (κ2) is 9.70. The Bertz CT molecular complexity index is 1400. The van der Waals surface area contributed by atoms with Gasteiger partial charge < -0.3 is 19.9 Å². The number of para-hydroxylation sites is 2. The van der Waals surface area contributed by atoms with Gasteiger partial charge in [-0.3, -0.25) is 10.1 Å². The number of nitrogens with two attached hydrogens (primary N) is 1. The summed E-state index contributed by atoms with van der Waals surface area (Å²) in [5.41, 5.74) is 6.05. The SMILES string of the molecule is N#CC1=C(N)Oc2cc(OC(=O)COc3ccccc3[N+](=O)[O-])ccc2C1c1c(F)cccc1Cl. The van der Waals surface area contributed by atoms with Gasteiger partial charge in [0, 0.05) is 28.3 Å². The van der Waals surface area contributed by atoms with Crippen LogP contribution in [0, 0.1) is 27.3 Å². The van der Waals surface area contributed by atoms with E-state index in [1.54, 1.807) is 0 Å². The maximum absolute atomic E-state index is 14.7. The van der Waals surface area contributed by atoms with Gasteiger partial charge in [0.15, 0.2) is 12.4 Å². The molecule has 1 heterocycles. The number of benzene rings is 3. The van der Waals surface area contributed by atoms with E-state index in [0.717, 1.165) is 0 Å². The van der Waals surface area contributed by atoms with E-state index in [1.807, 2.05) is 6.07 Å². The lowest BCUT2D eigenvalue weighted by Crippen LogP contribution is -2.22. The summed E-state index contributed by atoms with van der Waals surface area (Å²) in [5.74, 6) is -2.55. The third-order valence-corrected chi connectivity index (χ3v) is 5.45. The molecule has 0 spiro atoms. The number of nitrogens with zero attached hydrogens (tertiary/aromatic N) is 2. The summed E-state index contributed by atoms with van der Waals surface area (Å²) in [7, 11) is 0. The molecule has 2 N–H and O–H groups in total. The number of allylic oxidation sites excluding steroid dienone is 1. The molecule has 0 radical (unpaired) electrons. The monoisotopic (exact) mass is 495 g/mol. The average Bonchev–Trinajstić information content (AvgIpc) is 2.82. The van der Waals surface area contributed by atoms with Gasteiger partial charge in [0.05, 0.1) is 10.8 Å². The third kappa shape index (κ3) is 4.71. The second-order valence-corrected chi connectivity index (χ2v) is 7.65. The topological polar surface area (TPSA) is 138 Å². The first-order valence-corrected chi connectivity index (χ1v) is 10.4. The minimum atomic E-state index is -0.941. The van der Waals surface area contributed by atoms with Crippen molar-refractivity contribution in [1.82, 2.24) is 0 Å². The normalized spacial score (nSPS) is 14.4. The highest BCUT2D eigenvalue weighted by molar-refractivity contribution is 6.31. The summed E-state index contributed by atoms with van der Waals surface area (Å²) in [6.45, 7) is -0.600. The Morgan fingerprint density at radius 1 is 1.23 bits per heavy atom. The Morgan fingerprint density at radius 3 is 2.71 bits per heavy atom. The van der Waals surface area contributed by atoms with Crippen molar-refractivity contribution in [2.24, 2.45) is 5.73 Å². The van der Waals surface area contributed by atoms with Gasteiger partial charge >= 0.3 is 11.7 Å². The molecule has 0 amide bonds. The number of nitro benzene ring substituents is 1. The van der Waals surface area contributed by atoms with E-state index in [9.17, 15) is 24.6 Å². The van der Waals surface area contributed by atoms with Crippen LogP contribution < -0.4 is 19.9 Å². The molecule has 1 atom stereocenters. The van der Waals surface area contributed by atoms with Crippen LogP contribution >= 0.6 is 11.6 Å². The molecule has 0 aromatic heterocycles. The molecule has 0 saturated heterocycles. The van der Waals surface area contributed by atoms with Crippen LogP contribution in [0.3, 0.4) is 0 Å². The zero-order chi connectivity index (χ0) is 25.1. The minimum absolute atomic E-state index is 0.0212. The first-order valence-electron chi connectivity index (χ1n) is 10.0. The van der Waals surface area contributed by atoms with Crippen LogP contribution in [0.15, 0.2) is 72.1 Å². The minimum Gasteiger partial charge on any atom is -0.475 e. The van der Waals surface area contributed by atoms with Gasteiger partial charge in [0.1, 0.15) is 29.0 Å². The fraction of sp³-hybridized carbons (Fsp3) is 0.0833. The first kappa shape index (κ1) is 23.5. The van der Waals surface area contributed by atoms with E-state index in [2.05, 4.69) is 0 Å². The number of fused-ring (bicyclic) bond motifs is 1. The van der Waals surface area contributed by atoms with Crippen molar-refractivity contribution < 1.29 is 28.3 Å². The van der Waals surface area contributed by atoms with E-state index in [-0.39, 0.29) is 45.0 Å². The number of halogens is 2. The molecule has 0 bridgehead atoms. The van der Waals surface area contributed by atoms with Crippen LogP contribution in [-0.4, -0.2) is 17.5 Å². The second-order valence-electron chi connectivity index (χ2n) is 7.25. The number of rotatable bonds is 6.